The highest BCUT2D eigenvalue weighted by molar-refractivity contribution is 7.89. The Labute approximate surface area is 125 Å². The van der Waals surface area contributed by atoms with Crippen LogP contribution in [0.2, 0.25) is 0 Å². The Bertz CT molecular complexity index is 572. The molecule has 1 aromatic carbocycles. The Kier molecular flexibility index (Phi) is 5.54. The summed E-state index contributed by atoms with van der Waals surface area (Å²) in [5.41, 5.74) is 5.68. The fraction of sp³-hybridized carbons (Fsp3) is 0.538. The summed E-state index contributed by atoms with van der Waals surface area (Å²) in [5.74, 6) is -0.556. The minimum Gasteiger partial charge on any atom is -0.329 e. The number of sulfonamides is 1. The molecule has 0 atom stereocenters. The van der Waals surface area contributed by atoms with Gasteiger partial charge >= 0.3 is 0 Å². The summed E-state index contributed by atoms with van der Waals surface area (Å²) in [6, 6.07) is 3.77. The standard InChI is InChI=1S/C13H19FN2O2S.ClH/c1-10-4-5-11(14)8-12(10)19(17,18)16-13(9-15)6-2-3-7-13;/h4-5,8,16H,2-3,6-7,9,15H2,1H3;1H. The molecule has 0 unspecified atom stereocenters. The molecular weight excluding hydrogens is 303 g/mol. The molecule has 114 valence electrons. The topological polar surface area (TPSA) is 72.2 Å². The number of benzene rings is 1. The van der Waals surface area contributed by atoms with Gasteiger partial charge in [0.25, 0.3) is 0 Å². The van der Waals surface area contributed by atoms with Gasteiger partial charge in [0.1, 0.15) is 5.82 Å². The molecular formula is C13H20ClFN2O2S. The number of halogens is 2. The van der Waals surface area contributed by atoms with Gasteiger partial charge in [-0.2, -0.15) is 0 Å². The third-order valence-corrected chi connectivity index (χ3v) is 5.46. The summed E-state index contributed by atoms with van der Waals surface area (Å²) < 4.78 is 40.7. The lowest BCUT2D eigenvalue weighted by atomic mass is 10.0. The summed E-state index contributed by atoms with van der Waals surface area (Å²) in [6.45, 7) is 1.92. The molecule has 20 heavy (non-hydrogen) atoms. The molecule has 4 nitrogen and oxygen atoms in total. The van der Waals surface area contributed by atoms with Crippen LogP contribution in [0, 0.1) is 12.7 Å². The molecule has 0 saturated heterocycles. The molecule has 1 aliphatic carbocycles. The van der Waals surface area contributed by atoms with E-state index in [0.717, 1.165) is 31.7 Å². The average Bonchev–Trinajstić information content (AvgIpc) is 2.80. The molecule has 0 bridgehead atoms. The minimum atomic E-state index is -3.74. The fourth-order valence-corrected chi connectivity index (χ4v) is 4.33. The second-order valence-corrected chi connectivity index (χ2v) is 6.86. The van der Waals surface area contributed by atoms with Crippen LogP contribution in [0.25, 0.3) is 0 Å². The van der Waals surface area contributed by atoms with Crippen LogP contribution < -0.4 is 10.5 Å². The van der Waals surface area contributed by atoms with E-state index >= 15 is 0 Å². The van der Waals surface area contributed by atoms with Crippen molar-refractivity contribution < 1.29 is 12.8 Å². The highest BCUT2D eigenvalue weighted by Gasteiger charge is 2.37. The molecule has 0 radical (unpaired) electrons. The second kappa shape index (κ2) is 6.39. The van der Waals surface area contributed by atoms with Gasteiger partial charge in [0.2, 0.25) is 10.0 Å². The molecule has 0 heterocycles. The first kappa shape index (κ1) is 17.4. The zero-order chi connectivity index (χ0) is 14.1. The summed E-state index contributed by atoms with van der Waals surface area (Å²) in [5, 5.41) is 0. The lowest BCUT2D eigenvalue weighted by Gasteiger charge is -2.28. The minimum absolute atomic E-state index is 0. The van der Waals surface area contributed by atoms with Crippen LogP contribution in [0.3, 0.4) is 0 Å². The van der Waals surface area contributed by atoms with Crippen molar-refractivity contribution in [2.75, 3.05) is 6.54 Å². The van der Waals surface area contributed by atoms with Gasteiger partial charge in [0.15, 0.2) is 0 Å². The van der Waals surface area contributed by atoms with Crippen molar-refractivity contribution in [1.82, 2.24) is 4.72 Å². The first-order valence-corrected chi connectivity index (χ1v) is 7.87. The van der Waals surface area contributed by atoms with E-state index in [0.29, 0.717) is 5.56 Å². The third kappa shape index (κ3) is 3.49. The zero-order valence-corrected chi connectivity index (χ0v) is 13.0. The Morgan fingerprint density at radius 1 is 1.35 bits per heavy atom. The van der Waals surface area contributed by atoms with E-state index in [-0.39, 0.29) is 23.8 Å². The van der Waals surface area contributed by atoms with Gasteiger partial charge in [-0.3, -0.25) is 0 Å². The van der Waals surface area contributed by atoms with Gasteiger partial charge < -0.3 is 5.73 Å². The lowest BCUT2D eigenvalue weighted by molar-refractivity contribution is 0.399. The van der Waals surface area contributed by atoms with Crippen molar-refractivity contribution in [3.05, 3.63) is 29.6 Å². The van der Waals surface area contributed by atoms with E-state index in [9.17, 15) is 12.8 Å². The predicted octanol–water partition coefficient (Wildman–Crippen LogP) is 2.11. The molecule has 0 aliphatic heterocycles. The number of hydrogen-bond acceptors (Lipinski definition) is 3. The molecule has 1 aromatic rings. The Hall–Kier alpha value is -0.690. The van der Waals surface area contributed by atoms with E-state index in [2.05, 4.69) is 4.72 Å². The van der Waals surface area contributed by atoms with Crippen LogP contribution in [-0.4, -0.2) is 20.5 Å². The number of aryl methyl sites for hydroxylation is 1. The Balaban J connectivity index is 0.00000200. The normalized spacial score (nSPS) is 17.8. The van der Waals surface area contributed by atoms with Crippen LogP contribution in [-0.2, 0) is 10.0 Å². The van der Waals surface area contributed by atoms with Gasteiger partial charge in [-0.25, -0.2) is 17.5 Å². The SMILES string of the molecule is Cc1ccc(F)cc1S(=O)(=O)NC1(CN)CCCC1.Cl. The Morgan fingerprint density at radius 2 is 1.95 bits per heavy atom. The highest BCUT2D eigenvalue weighted by atomic mass is 35.5. The van der Waals surface area contributed by atoms with Crippen molar-refractivity contribution in [3.8, 4) is 0 Å². The van der Waals surface area contributed by atoms with E-state index in [1.807, 2.05) is 0 Å². The van der Waals surface area contributed by atoms with Gasteiger partial charge in [-0.1, -0.05) is 18.9 Å². The zero-order valence-electron chi connectivity index (χ0n) is 11.4. The predicted molar refractivity (Wildman–Crippen MR) is 79.0 cm³/mol. The van der Waals surface area contributed by atoms with Crippen molar-refractivity contribution in [2.45, 2.75) is 43.0 Å². The molecule has 0 spiro atoms. The molecule has 2 rings (SSSR count). The van der Waals surface area contributed by atoms with Crippen LogP contribution >= 0.6 is 12.4 Å². The van der Waals surface area contributed by atoms with Crippen LogP contribution in [0.4, 0.5) is 4.39 Å². The van der Waals surface area contributed by atoms with Crippen molar-refractivity contribution in [3.63, 3.8) is 0 Å². The highest BCUT2D eigenvalue weighted by Crippen LogP contribution is 2.30. The monoisotopic (exact) mass is 322 g/mol. The summed E-state index contributed by atoms with van der Waals surface area (Å²) >= 11 is 0. The fourth-order valence-electron chi connectivity index (χ4n) is 2.60. The molecule has 3 N–H and O–H groups in total. The average molecular weight is 323 g/mol. The molecule has 7 heteroatoms. The van der Waals surface area contributed by atoms with E-state index in [1.54, 1.807) is 6.92 Å². The van der Waals surface area contributed by atoms with Crippen molar-refractivity contribution >= 4 is 22.4 Å². The molecule has 1 fully saturated rings. The molecule has 0 amide bonds. The van der Waals surface area contributed by atoms with Gasteiger partial charge in [0.05, 0.1) is 4.90 Å². The quantitative estimate of drug-likeness (QED) is 0.891. The largest absolute Gasteiger partial charge is 0.329 e. The van der Waals surface area contributed by atoms with Crippen LogP contribution in [0.15, 0.2) is 23.1 Å². The summed E-state index contributed by atoms with van der Waals surface area (Å²) in [4.78, 5) is -0.00720. The number of rotatable bonds is 4. The maximum absolute atomic E-state index is 13.3. The van der Waals surface area contributed by atoms with Crippen molar-refractivity contribution in [2.24, 2.45) is 5.73 Å². The van der Waals surface area contributed by atoms with Gasteiger partial charge in [-0.15, -0.1) is 12.4 Å². The third-order valence-electron chi connectivity index (χ3n) is 3.74. The number of nitrogens with one attached hydrogen (secondary N) is 1. The van der Waals surface area contributed by atoms with Crippen LogP contribution in [0.5, 0.6) is 0 Å². The number of nitrogens with two attached hydrogens (primary N) is 1. The van der Waals surface area contributed by atoms with Crippen molar-refractivity contribution in [1.29, 1.82) is 0 Å². The first-order valence-electron chi connectivity index (χ1n) is 6.39. The molecule has 0 aromatic heterocycles. The number of hydrogen-bond donors (Lipinski definition) is 2. The second-order valence-electron chi connectivity index (χ2n) is 5.21. The maximum atomic E-state index is 13.3. The molecule has 1 aliphatic rings. The smallest absolute Gasteiger partial charge is 0.241 e. The first-order chi connectivity index (χ1) is 8.88. The van der Waals surface area contributed by atoms with Gasteiger partial charge in [0, 0.05) is 12.1 Å². The summed E-state index contributed by atoms with van der Waals surface area (Å²) in [6.07, 6.45) is 3.39. The Morgan fingerprint density at radius 3 is 2.50 bits per heavy atom. The van der Waals surface area contributed by atoms with E-state index < -0.39 is 21.4 Å². The summed E-state index contributed by atoms with van der Waals surface area (Å²) in [7, 11) is -3.74. The van der Waals surface area contributed by atoms with Crippen LogP contribution in [0.1, 0.15) is 31.2 Å². The van der Waals surface area contributed by atoms with Gasteiger partial charge in [-0.05, 0) is 37.5 Å². The van der Waals surface area contributed by atoms with E-state index in [4.69, 9.17) is 5.73 Å². The lowest BCUT2D eigenvalue weighted by Crippen LogP contribution is -2.51. The van der Waals surface area contributed by atoms with E-state index in [1.165, 1.54) is 12.1 Å². The maximum Gasteiger partial charge on any atom is 0.241 e. The molecule has 1 saturated carbocycles.